The van der Waals surface area contributed by atoms with Gasteiger partial charge >= 0.3 is 0 Å². The number of hydrogen-bond donors (Lipinski definition) is 0. The van der Waals surface area contributed by atoms with Crippen LogP contribution in [0, 0.1) is 5.41 Å². The lowest BCUT2D eigenvalue weighted by atomic mass is 9.67. The fraction of sp³-hybridized carbons (Fsp3) is 0.727. The van der Waals surface area contributed by atoms with E-state index < -0.39 is 0 Å². The minimum absolute atomic E-state index is 0.342. The third kappa shape index (κ3) is 1.96. The van der Waals surface area contributed by atoms with E-state index in [0.29, 0.717) is 16.7 Å². The molecule has 0 bridgehead atoms. The SMILES string of the molecule is CC1(C)CCC(Cl)CC1c1cscn1. The van der Waals surface area contributed by atoms with Crippen LogP contribution in [-0.2, 0) is 0 Å². The molecule has 1 saturated carbocycles. The van der Waals surface area contributed by atoms with Gasteiger partial charge < -0.3 is 0 Å². The van der Waals surface area contributed by atoms with E-state index in [1.165, 1.54) is 12.1 Å². The van der Waals surface area contributed by atoms with Crippen LogP contribution in [0.15, 0.2) is 10.9 Å². The molecular weight excluding hydrogens is 214 g/mol. The Morgan fingerprint density at radius 2 is 2.36 bits per heavy atom. The monoisotopic (exact) mass is 229 g/mol. The molecule has 2 rings (SSSR count). The van der Waals surface area contributed by atoms with E-state index in [2.05, 4.69) is 24.2 Å². The van der Waals surface area contributed by atoms with Gasteiger partial charge in [-0.1, -0.05) is 13.8 Å². The molecule has 1 heterocycles. The van der Waals surface area contributed by atoms with Crippen LogP contribution in [0.4, 0.5) is 0 Å². The Labute approximate surface area is 94.5 Å². The zero-order valence-electron chi connectivity index (χ0n) is 8.66. The highest BCUT2D eigenvalue weighted by Crippen LogP contribution is 2.47. The second-order valence-corrected chi connectivity index (χ2v) is 6.16. The molecule has 1 aromatic heterocycles. The number of nitrogens with zero attached hydrogens (tertiary/aromatic N) is 1. The zero-order valence-corrected chi connectivity index (χ0v) is 10.2. The van der Waals surface area contributed by atoms with E-state index in [1.54, 1.807) is 11.3 Å². The Morgan fingerprint density at radius 1 is 1.57 bits per heavy atom. The molecule has 0 spiro atoms. The Bertz CT molecular complexity index is 294. The summed E-state index contributed by atoms with van der Waals surface area (Å²) in [6.45, 7) is 4.67. The minimum Gasteiger partial charge on any atom is -0.249 e. The van der Waals surface area contributed by atoms with E-state index in [1.807, 2.05) is 5.51 Å². The van der Waals surface area contributed by atoms with Crippen molar-refractivity contribution in [3.8, 4) is 0 Å². The largest absolute Gasteiger partial charge is 0.249 e. The molecule has 0 amide bonds. The van der Waals surface area contributed by atoms with Crippen molar-refractivity contribution >= 4 is 22.9 Å². The molecule has 1 aliphatic rings. The van der Waals surface area contributed by atoms with Gasteiger partial charge in [0, 0.05) is 16.7 Å². The number of hydrogen-bond acceptors (Lipinski definition) is 2. The summed E-state index contributed by atoms with van der Waals surface area (Å²) in [4.78, 5) is 4.43. The maximum Gasteiger partial charge on any atom is 0.0794 e. The Kier molecular flexibility index (Phi) is 2.85. The number of alkyl halides is 1. The van der Waals surface area contributed by atoms with Gasteiger partial charge in [-0.25, -0.2) is 4.98 Å². The highest BCUT2D eigenvalue weighted by Gasteiger charge is 2.37. The molecule has 14 heavy (non-hydrogen) atoms. The van der Waals surface area contributed by atoms with Gasteiger partial charge in [0.15, 0.2) is 0 Å². The predicted octanol–water partition coefficient (Wildman–Crippen LogP) is 4.04. The van der Waals surface area contributed by atoms with Crippen molar-refractivity contribution in [2.45, 2.75) is 44.4 Å². The molecule has 0 N–H and O–H groups in total. The van der Waals surface area contributed by atoms with Crippen LogP contribution < -0.4 is 0 Å². The third-order valence-corrected chi connectivity index (χ3v) is 4.35. The lowest BCUT2D eigenvalue weighted by Crippen LogP contribution is -2.30. The number of thiazole rings is 1. The Morgan fingerprint density at radius 3 is 3.00 bits per heavy atom. The van der Waals surface area contributed by atoms with Gasteiger partial charge in [-0.15, -0.1) is 22.9 Å². The van der Waals surface area contributed by atoms with Crippen molar-refractivity contribution in [1.29, 1.82) is 0 Å². The van der Waals surface area contributed by atoms with Gasteiger partial charge in [0.25, 0.3) is 0 Å². The first kappa shape index (κ1) is 10.4. The van der Waals surface area contributed by atoms with Gasteiger partial charge in [-0.05, 0) is 24.7 Å². The summed E-state index contributed by atoms with van der Waals surface area (Å²) in [5.74, 6) is 0.546. The molecule has 1 aromatic rings. The first-order valence-electron chi connectivity index (χ1n) is 5.12. The van der Waals surface area contributed by atoms with Gasteiger partial charge in [-0.2, -0.15) is 0 Å². The van der Waals surface area contributed by atoms with Crippen molar-refractivity contribution in [2.24, 2.45) is 5.41 Å². The van der Waals surface area contributed by atoms with E-state index in [0.717, 1.165) is 12.8 Å². The molecular formula is C11H16ClNS. The van der Waals surface area contributed by atoms with Gasteiger partial charge in [0.1, 0.15) is 0 Å². The lowest BCUT2D eigenvalue weighted by Gasteiger charge is -2.39. The molecule has 2 atom stereocenters. The van der Waals surface area contributed by atoms with Crippen LogP contribution in [0.1, 0.15) is 44.7 Å². The summed E-state index contributed by atoms with van der Waals surface area (Å²) in [6.07, 6.45) is 3.44. The van der Waals surface area contributed by atoms with Crippen molar-refractivity contribution in [2.75, 3.05) is 0 Å². The van der Waals surface area contributed by atoms with Gasteiger partial charge in [0.2, 0.25) is 0 Å². The van der Waals surface area contributed by atoms with Crippen LogP contribution in [-0.4, -0.2) is 10.4 Å². The standard InChI is InChI=1S/C11H16ClNS/c1-11(2)4-3-8(12)5-9(11)10-6-14-7-13-10/h6-9H,3-5H2,1-2H3. The number of aromatic nitrogens is 1. The average Bonchev–Trinajstić information content (AvgIpc) is 2.62. The van der Waals surface area contributed by atoms with Gasteiger partial charge in [-0.3, -0.25) is 0 Å². The third-order valence-electron chi connectivity index (χ3n) is 3.35. The summed E-state index contributed by atoms with van der Waals surface area (Å²) < 4.78 is 0. The fourth-order valence-electron chi connectivity index (χ4n) is 2.31. The molecule has 1 fully saturated rings. The van der Waals surface area contributed by atoms with E-state index in [4.69, 9.17) is 11.6 Å². The Hall–Kier alpha value is -0.0800. The lowest BCUT2D eigenvalue weighted by molar-refractivity contribution is 0.199. The topological polar surface area (TPSA) is 12.9 Å². The summed E-state index contributed by atoms with van der Waals surface area (Å²) in [5.41, 5.74) is 3.52. The van der Waals surface area contributed by atoms with Crippen LogP contribution in [0.25, 0.3) is 0 Å². The van der Waals surface area contributed by atoms with Crippen molar-refractivity contribution in [3.05, 3.63) is 16.6 Å². The van der Waals surface area contributed by atoms with E-state index >= 15 is 0 Å². The normalized spacial score (nSPS) is 31.6. The Balaban J connectivity index is 2.22. The molecule has 1 aliphatic carbocycles. The molecule has 3 heteroatoms. The quantitative estimate of drug-likeness (QED) is 0.663. The highest BCUT2D eigenvalue weighted by atomic mass is 35.5. The molecule has 78 valence electrons. The van der Waals surface area contributed by atoms with E-state index in [-0.39, 0.29) is 0 Å². The highest BCUT2D eigenvalue weighted by molar-refractivity contribution is 7.07. The summed E-state index contributed by atoms with van der Waals surface area (Å²) in [6, 6.07) is 0. The molecule has 1 nitrogen and oxygen atoms in total. The minimum atomic E-state index is 0.342. The molecule has 0 aromatic carbocycles. The molecule has 0 aliphatic heterocycles. The van der Waals surface area contributed by atoms with Crippen LogP contribution >= 0.6 is 22.9 Å². The van der Waals surface area contributed by atoms with Crippen molar-refractivity contribution in [3.63, 3.8) is 0 Å². The molecule has 0 radical (unpaired) electrons. The second kappa shape index (κ2) is 3.82. The maximum absolute atomic E-state index is 6.23. The first-order valence-corrected chi connectivity index (χ1v) is 6.49. The second-order valence-electron chi connectivity index (χ2n) is 4.83. The number of halogens is 1. The zero-order chi connectivity index (χ0) is 10.2. The van der Waals surface area contributed by atoms with Crippen LogP contribution in [0.2, 0.25) is 0 Å². The number of rotatable bonds is 1. The average molecular weight is 230 g/mol. The molecule has 2 unspecified atom stereocenters. The van der Waals surface area contributed by atoms with Crippen LogP contribution in [0.5, 0.6) is 0 Å². The maximum atomic E-state index is 6.23. The first-order chi connectivity index (χ1) is 6.59. The summed E-state index contributed by atoms with van der Waals surface area (Å²) in [7, 11) is 0. The summed E-state index contributed by atoms with van der Waals surface area (Å²) in [5, 5.41) is 2.51. The van der Waals surface area contributed by atoms with Gasteiger partial charge in [0.05, 0.1) is 11.2 Å². The molecule has 0 saturated heterocycles. The van der Waals surface area contributed by atoms with Crippen molar-refractivity contribution < 1.29 is 0 Å². The van der Waals surface area contributed by atoms with Crippen molar-refractivity contribution in [1.82, 2.24) is 4.98 Å². The van der Waals surface area contributed by atoms with E-state index in [9.17, 15) is 0 Å². The fourth-order valence-corrected chi connectivity index (χ4v) is 3.21. The summed E-state index contributed by atoms with van der Waals surface area (Å²) >= 11 is 7.91. The predicted molar refractivity (Wildman–Crippen MR) is 62.1 cm³/mol. The smallest absolute Gasteiger partial charge is 0.0794 e. The van der Waals surface area contributed by atoms with Crippen LogP contribution in [0.3, 0.4) is 0 Å².